The third kappa shape index (κ3) is 5.66. The van der Waals surface area contributed by atoms with Crippen LogP contribution < -0.4 is 5.43 Å². The van der Waals surface area contributed by atoms with Crippen LogP contribution in [0.25, 0.3) is 0 Å². The largest absolute Gasteiger partial charge is 0.272 e. The van der Waals surface area contributed by atoms with Gasteiger partial charge < -0.3 is 0 Å². The highest BCUT2D eigenvalue weighted by molar-refractivity contribution is 7.89. The van der Waals surface area contributed by atoms with Gasteiger partial charge >= 0.3 is 0 Å². The highest BCUT2D eigenvalue weighted by atomic mass is 35.5. The summed E-state index contributed by atoms with van der Waals surface area (Å²) in [6, 6.07) is 14.9. The Labute approximate surface area is 158 Å². The molecule has 0 radical (unpaired) electrons. The molecule has 0 unspecified atom stereocenters. The van der Waals surface area contributed by atoms with Crippen molar-refractivity contribution in [3.8, 4) is 0 Å². The summed E-state index contributed by atoms with van der Waals surface area (Å²) >= 11 is 5.84. The monoisotopic (exact) mass is 393 g/mol. The number of benzene rings is 2. The van der Waals surface area contributed by atoms with Gasteiger partial charge in [0.25, 0.3) is 5.91 Å². The second-order valence-corrected chi connectivity index (χ2v) is 8.18. The third-order valence-corrected chi connectivity index (χ3v) is 5.44. The highest BCUT2D eigenvalue weighted by Crippen LogP contribution is 2.20. The minimum absolute atomic E-state index is 0.0635. The molecule has 0 heterocycles. The maximum absolute atomic E-state index is 13.0. The number of carbonyl (C=O) groups excluding carboxylic acids is 1. The Kier molecular flexibility index (Phi) is 6.90. The molecule has 0 fully saturated rings. The van der Waals surface area contributed by atoms with Gasteiger partial charge in [-0.2, -0.15) is 9.41 Å². The Balaban J connectivity index is 2.31. The fraction of sp³-hybridized carbons (Fsp3) is 0.222. The molecule has 138 valence electrons. The standard InChI is InChI=1S/C18H20ClN3O3S/c1-14(2)20-21-18(23)13-22(12-15-6-4-3-5-7-15)26(24,25)17-10-8-16(19)9-11-17/h3-11H,12-13H2,1-2H3,(H,21,23). The van der Waals surface area contributed by atoms with E-state index in [0.717, 1.165) is 9.87 Å². The van der Waals surface area contributed by atoms with Gasteiger partial charge in [-0.15, -0.1) is 0 Å². The van der Waals surface area contributed by atoms with Gasteiger partial charge in [0, 0.05) is 17.3 Å². The SMILES string of the molecule is CC(C)=NNC(=O)CN(Cc1ccccc1)S(=O)(=O)c1ccc(Cl)cc1. The average molecular weight is 394 g/mol. The number of carbonyl (C=O) groups is 1. The lowest BCUT2D eigenvalue weighted by Crippen LogP contribution is -2.39. The molecule has 1 N–H and O–H groups in total. The maximum atomic E-state index is 13.0. The Bertz CT molecular complexity index is 878. The summed E-state index contributed by atoms with van der Waals surface area (Å²) in [5.41, 5.74) is 3.78. The van der Waals surface area contributed by atoms with Crippen LogP contribution in [0.3, 0.4) is 0 Å². The molecule has 2 aromatic rings. The molecule has 0 saturated heterocycles. The summed E-state index contributed by atoms with van der Waals surface area (Å²) in [5.74, 6) is -0.514. The molecular weight excluding hydrogens is 374 g/mol. The summed E-state index contributed by atoms with van der Waals surface area (Å²) in [6.45, 7) is 3.17. The third-order valence-electron chi connectivity index (χ3n) is 3.38. The molecule has 0 bridgehead atoms. The second kappa shape index (κ2) is 8.93. The lowest BCUT2D eigenvalue weighted by atomic mass is 10.2. The Morgan fingerprint density at radius 3 is 2.27 bits per heavy atom. The van der Waals surface area contributed by atoms with Gasteiger partial charge in [-0.25, -0.2) is 13.8 Å². The van der Waals surface area contributed by atoms with E-state index in [4.69, 9.17) is 11.6 Å². The van der Waals surface area contributed by atoms with E-state index >= 15 is 0 Å². The molecule has 0 aliphatic rings. The van der Waals surface area contributed by atoms with Gasteiger partial charge in [0.05, 0.1) is 11.4 Å². The van der Waals surface area contributed by atoms with Crippen LogP contribution in [0, 0.1) is 0 Å². The van der Waals surface area contributed by atoms with Crippen LogP contribution in [0.2, 0.25) is 5.02 Å². The van der Waals surface area contributed by atoms with E-state index in [9.17, 15) is 13.2 Å². The summed E-state index contributed by atoms with van der Waals surface area (Å²) < 4.78 is 27.1. The number of hydrazone groups is 1. The van der Waals surface area contributed by atoms with Crippen molar-refractivity contribution in [1.29, 1.82) is 0 Å². The molecule has 2 rings (SSSR count). The van der Waals surface area contributed by atoms with Crippen LogP contribution in [-0.4, -0.2) is 30.9 Å². The predicted molar refractivity (Wildman–Crippen MR) is 102 cm³/mol. The first-order valence-electron chi connectivity index (χ1n) is 7.88. The van der Waals surface area contributed by atoms with Crippen LogP contribution in [0.4, 0.5) is 0 Å². The van der Waals surface area contributed by atoms with Gasteiger partial charge in [-0.1, -0.05) is 41.9 Å². The molecule has 0 spiro atoms. The van der Waals surface area contributed by atoms with Crippen molar-refractivity contribution in [1.82, 2.24) is 9.73 Å². The Hall–Kier alpha value is -2.22. The normalized spacial score (nSPS) is 11.2. The summed E-state index contributed by atoms with van der Waals surface area (Å²) in [4.78, 5) is 12.2. The molecule has 1 amide bonds. The molecule has 0 aromatic heterocycles. The zero-order valence-electron chi connectivity index (χ0n) is 14.5. The first-order valence-corrected chi connectivity index (χ1v) is 9.70. The fourth-order valence-corrected chi connectivity index (χ4v) is 3.65. The van der Waals surface area contributed by atoms with E-state index in [-0.39, 0.29) is 18.0 Å². The first-order chi connectivity index (χ1) is 12.3. The van der Waals surface area contributed by atoms with Gasteiger partial charge in [-0.3, -0.25) is 4.79 Å². The molecule has 0 aliphatic heterocycles. The molecule has 0 aliphatic carbocycles. The van der Waals surface area contributed by atoms with Crippen molar-refractivity contribution in [2.24, 2.45) is 5.10 Å². The van der Waals surface area contributed by atoms with Gasteiger partial charge in [-0.05, 0) is 43.7 Å². The Morgan fingerprint density at radius 1 is 1.08 bits per heavy atom. The van der Waals surface area contributed by atoms with Crippen LogP contribution in [0.1, 0.15) is 19.4 Å². The molecule has 0 saturated carbocycles. The summed E-state index contributed by atoms with van der Waals surface area (Å²) in [6.07, 6.45) is 0. The van der Waals surface area contributed by atoms with Crippen molar-refractivity contribution >= 4 is 33.2 Å². The average Bonchev–Trinajstić information content (AvgIpc) is 2.60. The molecule has 26 heavy (non-hydrogen) atoms. The Morgan fingerprint density at radius 2 is 1.69 bits per heavy atom. The van der Waals surface area contributed by atoms with E-state index in [0.29, 0.717) is 10.7 Å². The van der Waals surface area contributed by atoms with Crippen LogP contribution in [0.5, 0.6) is 0 Å². The smallest absolute Gasteiger partial charge is 0.255 e. The second-order valence-electron chi connectivity index (χ2n) is 5.81. The lowest BCUT2D eigenvalue weighted by molar-refractivity contribution is -0.121. The molecule has 8 heteroatoms. The number of rotatable bonds is 7. The minimum Gasteiger partial charge on any atom is -0.272 e. The number of nitrogens with zero attached hydrogens (tertiary/aromatic N) is 2. The van der Waals surface area contributed by atoms with Crippen LogP contribution >= 0.6 is 11.6 Å². The number of hydrogen-bond donors (Lipinski definition) is 1. The number of halogens is 1. The van der Waals surface area contributed by atoms with E-state index < -0.39 is 15.9 Å². The molecular formula is C18H20ClN3O3S. The topological polar surface area (TPSA) is 78.8 Å². The van der Waals surface area contributed by atoms with Gasteiger partial charge in [0.15, 0.2) is 0 Å². The zero-order chi connectivity index (χ0) is 19.2. The first kappa shape index (κ1) is 20.1. The minimum atomic E-state index is -3.88. The van der Waals surface area contributed by atoms with Crippen LogP contribution in [-0.2, 0) is 21.4 Å². The number of sulfonamides is 1. The number of hydrogen-bond acceptors (Lipinski definition) is 4. The van der Waals surface area contributed by atoms with Gasteiger partial charge in [0.1, 0.15) is 0 Å². The fourth-order valence-electron chi connectivity index (χ4n) is 2.14. The zero-order valence-corrected chi connectivity index (χ0v) is 16.1. The van der Waals surface area contributed by atoms with E-state index in [1.807, 2.05) is 18.2 Å². The van der Waals surface area contributed by atoms with E-state index in [1.54, 1.807) is 26.0 Å². The van der Waals surface area contributed by atoms with Crippen molar-refractivity contribution in [3.63, 3.8) is 0 Å². The molecule has 2 aromatic carbocycles. The maximum Gasteiger partial charge on any atom is 0.255 e. The van der Waals surface area contributed by atoms with E-state index in [1.165, 1.54) is 24.3 Å². The van der Waals surface area contributed by atoms with Gasteiger partial charge in [0.2, 0.25) is 10.0 Å². The number of amides is 1. The predicted octanol–water partition coefficient (Wildman–Crippen LogP) is 3.04. The molecule has 6 nitrogen and oxygen atoms in total. The summed E-state index contributed by atoms with van der Waals surface area (Å²) in [5, 5.41) is 4.26. The quantitative estimate of drug-likeness (QED) is 0.580. The van der Waals surface area contributed by atoms with E-state index in [2.05, 4.69) is 10.5 Å². The summed E-state index contributed by atoms with van der Waals surface area (Å²) in [7, 11) is -3.88. The van der Waals surface area contributed by atoms with Crippen LogP contribution in [0.15, 0.2) is 64.6 Å². The molecule has 0 atom stereocenters. The lowest BCUT2D eigenvalue weighted by Gasteiger charge is -2.21. The van der Waals surface area contributed by atoms with Crippen molar-refractivity contribution < 1.29 is 13.2 Å². The number of nitrogens with one attached hydrogen (secondary N) is 1. The van der Waals surface area contributed by atoms with Crippen molar-refractivity contribution in [3.05, 3.63) is 65.2 Å². The highest BCUT2D eigenvalue weighted by Gasteiger charge is 2.26. The van der Waals surface area contributed by atoms with Crippen molar-refractivity contribution in [2.45, 2.75) is 25.3 Å². The van der Waals surface area contributed by atoms with Crippen molar-refractivity contribution in [2.75, 3.05) is 6.54 Å².